The van der Waals surface area contributed by atoms with Gasteiger partial charge in [0.2, 0.25) is 0 Å². The predicted molar refractivity (Wildman–Crippen MR) is 54.2 cm³/mol. The van der Waals surface area contributed by atoms with Crippen LogP contribution in [0.1, 0.15) is 6.42 Å². The lowest BCUT2D eigenvalue weighted by Crippen LogP contribution is -2.10. The summed E-state index contributed by atoms with van der Waals surface area (Å²) < 4.78 is 0. The van der Waals surface area contributed by atoms with Crippen LogP contribution in [0, 0.1) is 0 Å². The minimum atomic E-state index is 0.453. The van der Waals surface area contributed by atoms with Crippen LogP contribution in [-0.2, 0) is 0 Å². The number of rotatable bonds is 2. The summed E-state index contributed by atoms with van der Waals surface area (Å²) >= 11 is 7.40. The van der Waals surface area contributed by atoms with Crippen LogP contribution in [0.15, 0.2) is 17.2 Å². The van der Waals surface area contributed by atoms with Crippen LogP contribution in [0.25, 0.3) is 0 Å². The van der Waals surface area contributed by atoms with E-state index in [9.17, 15) is 0 Å². The van der Waals surface area contributed by atoms with Crippen LogP contribution in [-0.4, -0.2) is 28.5 Å². The van der Waals surface area contributed by atoms with Crippen molar-refractivity contribution in [1.82, 2.24) is 15.5 Å². The van der Waals surface area contributed by atoms with E-state index in [1.165, 1.54) is 6.42 Å². The fraction of sp³-hybridized carbons (Fsp3) is 0.500. The van der Waals surface area contributed by atoms with Gasteiger partial charge in [-0.1, -0.05) is 23.4 Å². The average molecular weight is 216 g/mol. The van der Waals surface area contributed by atoms with Gasteiger partial charge in [-0.25, -0.2) is 0 Å². The Hall–Kier alpha value is -0.320. The number of nitrogens with zero attached hydrogens (tertiary/aromatic N) is 2. The van der Waals surface area contributed by atoms with Gasteiger partial charge in [-0.15, -0.1) is 10.2 Å². The van der Waals surface area contributed by atoms with Crippen molar-refractivity contribution in [3.8, 4) is 0 Å². The Morgan fingerprint density at radius 2 is 2.38 bits per heavy atom. The van der Waals surface area contributed by atoms with Gasteiger partial charge in [0.15, 0.2) is 5.15 Å². The van der Waals surface area contributed by atoms with E-state index in [1.807, 2.05) is 6.07 Å². The molecule has 1 atom stereocenters. The summed E-state index contributed by atoms with van der Waals surface area (Å²) in [7, 11) is 0. The largest absolute Gasteiger partial charge is 0.316 e. The summed E-state index contributed by atoms with van der Waals surface area (Å²) in [6.07, 6.45) is 1.20. The highest BCUT2D eigenvalue weighted by atomic mass is 35.5. The van der Waals surface area contributed by atoms with Crippen LogP contribution in [0.4, 0.5) is 0 Å². The Morgan fingerprint density at radius 3 is 3.00 bits per heavy atom. The molecule has 1 aliphatic heterocycles. The van der Waals surface area contributed by atoms with Gasteiger partial charge in [0.05, 0.1) is 0 Å². The van der Waals surface area contributed by atoms with Crippen LogP contribution in [0.2, 0.25) is 5.15 Å². The third kappa shape index (κ3) is 2.56. The van der Waals surface area contributed by atoms with Gasteiger partial charge in [0.25, 0.3) is 0 Å². The summed E-state index contributed by atoms with van der Waals surface area (Å²) in [5, 5.41) is 13.1. The molecule has 0 bridgehead atoms. The van der Waals surface area contributed by atoms with Crippen LogP contribution in [0.5, 0.6) is 0 Å². The van der Waals surface area contributed by atoms with E-state index in [1.54, 1.807) is 17.8 Å². The third-order valence-corrected chi connectivity index (χ3v) is 3.31. The molecule has 3 nitrogen and oxygen atoms in total. The highest BCUT2D eigenvalue weighted by Gasteiger charge is 2.16. The molecule has 0 spiro atoms. The summed E-state index contributed by atoms with van der Waals surface area (Å²) in [5.41, 5.74) is 0. The van der Waals surface area contributed by atoms with Gasteiger partial charge in [-0.05, 0) is 25.1 Å². The van der Waals surface area contributed by atoms with Crippen molar-refractivity contribution in [2.75, 3.05) is 13.1 Å². The zero-order valence-corrected chi connectivity index (χ0v) is 8.61. The van der Waals surface area contributed by atoms with E-state index >= 15 is 0 Å². The first-order valence-electron chi connectivity index (χ1n) is 4.21. The molecule has 5 heteroatoms. The highest BCUT2D eigenvalue weighted by Crippen LogP contribution is 2.24. The number of aromatic nitrogens is 2. The van der Waals surface area contributed by atoms with Crippen molar-refractivity contribution in [2.45, 2.75) is 16.7 Å². The maximum absolute atomic E-state index is 5.63. The van der Waals surface area contributed by atoms with Crippen molar-refractivity contribution in [3.63, 3.8) is 0 Å². The lowest BCUT2D eigenvalue weighted by molar-refractivity contribution is 0.857. The third-order valence-electron chi connectivity index (χ3n) is 1.91. The molecule has 70 valence electrons. The summed E-state index contributed by atoms with van der Waals surface area (Å²) in [5.74, 6) is 0. The van der Waals surface area contributed by atoms with Crippen molar-refractivity contribution in [3.05, 3.63) is 17.3 Å². The Balaban J connectivity index is 1.97. The van der Waals surface area contributed by atoms with Gasteiger partial charge in [0, 0.05) is 11.8 Å². The molecular formula is C8H10ClN3S. The fourth-order valence-corrected chi connectivity index (χ4v) is 2.38. The van der Waals surface area contributed by atoms with Crippen molar-refractivity contribution >= 4 is 23.4 Å². The minimum Gasteiger partial charge on any atom is -0.316 e. The van der Waals surface area contributed by atoms with E-state index in [-0.39, 0.29) is 0 Å². The second kappa shape index (κ2) is 4.26. The topological polar surface area (TPSA) is 37.8 Å². The SMILES string of the molecule is Clc1ccc(SC2CCNC2)nn1. The predicted octanol–water partition coefficient (Wildman–Crippen LogP) is 1.58. The first kappa shape index (κ1) is 9.24. The minimum absolute atomic E-state index is 0.453. The van der Waals surface area contributed by atoms with Gasteiger partial charge in [-0.3, -0.25) is 0 Å². The smallest absolute Gasteiger partial charge is 0.151 e. The van der Waals surface area contributed by atoms with Gasteiger partial charge in [-0.2, -0.15) is 0 Å². The Kier molecular flexibility index (Phi) is 3.03. The summed E-state index contributed by atoms with van der Waals surface area (Å²) in [6, 6.07) is 3.69. The average Bonchev–Trinajstić information content (AvgIpc) is 2.62. The Labute approximate surface area is 86.3 Å². The molecule has 13 heavy (non-hydrogen) atoms. The molecule has 0 saturated carbocycles. The number of thioether (sulfide) groups is 1. The zero-order valence-electron chi connectivity index (χ0n) is 7.03. The molecule has 0 amide bonds. The fourth-order valence-electron chi connectivity index (χ4n) is 1.27. The first-order chi connectivity index (χ1) is 6.34. The number of hydrogen-bond donors (Lipinski definition) is 1. The van der Waals surface area contributed by atoms with Gasteiger partial charge < -0.3 is 5.32 Å². The molecule has 0 aliphatic carbocycles. The van der Waals surface area contributed by atoms with E-state index < -0.39 is 0 Å². The monoisotopic (exact) mass is 215 g/mol. The lowest BCUT2D eigenvalue weighted by Gasteiger charge is -2.05. The molecular weight excluding hydrogens is 206 g/mol. The van der Waals surface area contributed by atoms with Crippen LogP contribution in [0.3, 0.4) is 0 Å². The molecule has 1 aliphatic rings. The molecule has 1 fully saturated rings. The zero-order chi connectivity index (χ0) is 9.10. The molecule has 1 aromatic rings. The molecule has 2 rings (SSSR count). The first-order valence-corrected chi connectivity index (χ1v) is 5.47. The second-order valence-electron chi connectivity index (χ2n) is 2.93. The quantitative estimate of drug-likeness (QED) is 0.813. The molecule has 1 saturated heterocycles. The van der Waals surface area contributed by atoms with Crippen LogP contribution < -0.4 is 5.32 Å². The van der Waals surface area contributed by atoms with Gasteiger partial charge in [0.1, 0.15) is 5.03 Å². The van der Waals surface area contributed by atoms with E-state index in [2.05, 4.69) is 15.5 Å². The highest BCUT2D eigenvalue weighted by molar-refractivity contribution is 7.99. The maximum atomic E-state index is 5.63. The lowest BCUT2D eigenvalue weighted by atomic mass is 10.4. The molecule has 0 radical (unpaired) electrons. The summed E-state index contributed by atoms with van der Waals surface area (Å²) in [4.78, 5) is 0. The Morgan fingerprint density at radius 1 is 1.46 bits per heavy atom. The molecule has 1 unspecified atom stereocenters. The Bertz CT molecular complexity index is 271. The van der Waals surface area contributed by atoms with E-state index in [4.69, 9.17) is 11.6 Å². The number of hydrogen-bond acceptors (Lipinski definition) is 4. The van der Waals surface area contributed by atoms with Crippen LogP contribution >= 0.6 is 23.4 Å². The summed E-state index contributed by atoms with van der Waals surface area (Å²) in [6.45, 7) is 2.17. The molecule has 2 heterocycles. The standard InChI is InChI=1S/C8H10ClN3S/c9-7-1-2-8(12-11-7)13-6-3-4-10-5-6/h1-2,6,10H,3-5H2. The van der Waals surface area contributed by atoms with Crippen molar-refractivity contribution < 1.29 is 0 Å². The van der Waals surface area contributed by atoms with Crippen molar-refractivity contribution in [2.24, 2.45) is 0 Å². The van der Waals surface area contributed by atoms with E-state index in [0.717, 1.165) is 18.1 Å². The number of halogens is 1. The number of nitrogens with one attached hydrogen (secondary N) is 1. The van der Waals surface area contributed by atoms with E-state index in [0.29, 0.717) is 10.4 Å². The molecule has 1 aromatic heterocycles. The maximum Gasteiger partial charge on any atom is 0.151 e. The normalized spacial score (nSPS) is 22.1. The molecule has 0 aromatic carbocycles. The molecule has 1 N–H and O–H groups in total. The van der Waals surface area contributed by atoms with Gasteiger partial charge >= 0.3 is 0 Å². The van der Waals surface area contributed by atoms with Crippen molar-refractivity contribution in [1.29, 1.82) is 0 Å². The second-order valence-corrected chi connectivity index (χ2v) is 4.63.